The Kier molecular flexibility index (Phi) is 4.16. The van der Waals surface area contributed by atoms with Gasteiger partial charge in [0.25, 0.3) is 5.91 Å². The maximum Gasteiger partial charge on any atom is 0.303 e. The zero-order chi connectivity index (χ0) is 16.5. The van der Waals surface area contributed by atoms with Crippen LogP contribution in [0.25, 0.3) is 11.0 Å². The summed E-state index contributed by atoms with van der Waals surface area (Å²) < 4.78 is 1.67. The number of carboxylic acids is 1. The molecule has 0 aliphatic heterocycles. The van der Waals surface area contributed by atoms with Gasteiger partial charge in [0.15, 0.2) is 5.65 Å². The number of aryl methyl sites for hydroxylation is 2. The molecule has 22 heavy (non-hydrogen) atoms. The molecule has 1 amide bonds. The molecule has 0 unspecified atom stereocenters. The quantitative estimate of drug-likeness (QED) is 0.875. The number of carbonyl (C=O) groups excluding carboxylic acids is 1. The van der Waals surface area contributed by atoms with E-state index in [9.17, 15) is 9.59 Å². The van der Waals surface area contributed by atoms with Gasteiger partial charge in [-0.1, -0.05) is 0 Å². The molecular formula is C15H20N4O3. The van der Waals surface area contributed by atoms with E-state index < -0.39 is 11.5 Å². The minimum atomic E-state index is -0.878. The second kappa shape index (κ2) is 5.75. The molecule has 2 heterocycles. The van der Waals surface area contributed by atoms with Crippen molar-refractivity contribution in [3.63, 3.8) is 0 Å². The Hall–Kier alpha value is -2.44. The van der Waals surface area contributed by atoms with Crippen LogP contribution in [0.4, 0.5) is 0 Å². The van der Waals surface area contributed by atoms with E-state index >= 15 is 0 Å². The molecule has 7 nitrogen and oxygen atoms in total. The van der Waals surface area contributed by atoms with Gasteiger partial charge in [-0.15, -0.1) is 0 Å². The van der Waals surface area contributed by atoms with Crippen molar-refractivity contribution in [2.45, 2.75) is 39.2 Å². The summed E-state index contributed by atoms with van der Waals surface area (Å²) in [5.74, 6) is -1.15. The molecule has 2 rings (SSSR count). The normalized spacial score (nSPS) is 11.6. The molecule has 118 valence electrons. The van der Waals surface area contributed by atoms with E-state index in [1.165, 1.54) is 6.20 Å². The van der Waals surface area contributed by atoms with Crippen LogP contribution in [0.3, 0.4) is 0 Å². The van der Waals surface area contributed by atoms with E-state index in [0.29, 0.717) is 12.0 Å². The second-order valence-electron chi connectivity index (χ2n) is 6.04. The summed E-state index contributed by atoms with van der Waals surface area (Å²) >= 11 is 0. The average molecular weight is 304 g/mol. The number of rotatable bonds is 5. The van der Waals surface area contributed by atoms with Crippen molar-refractivity contribution in [1.29, 1.82) is 0 Å². The highest BCUT2D eigenvalue weighted by molar-refractivity contribution is 5.97. The predicted octanol–water partition coefficient (Wildman–Crippen LogP) is 1.65. The first-order chi connectivity index (χ1) is 10.2. The van der Waals surface area contributed by atoms with E-state index in [0.717, 1.165) is 16.7 Å². The Morgan fingerprint density at radius 3 is 2.73 bits per heavy atom. The topological polar surface area (TPSA) is 97.1 Å². The lowest BCUT2D eigenvalue weighted by Crippen LogP contribution is -2.43. The lowest BCUT2D eigenvalue weighted by atomic mass is 9.98. The van der Waals surface area contributed by atoms with Gasteiger partial charge >= 0.3 is 5.97 Å². The van der Waals surface area contributed by atoms with Crippen molar-refractivity contribution >= 4 is 22.9 Å². The van der Waals surface area contributed by atoms with Gasteiger partial charge < -0.3 is 10.4 Å². The van der Waals surface area contributed by atoms with Crippen molar-refractivity contribution in [1.82, 2.24) is 20.1 Å². The number of nitrogens with one attached hydrogen (secondary N) is 1. The Labute approximate surface area is 128 Å². The Balaban J connectivity index is 2.19. The third kappa shape index (κ3) is 3.41. The van der Waals surface area contributed by atoms with Crippen LogP contribution < -0.4 is 5.32 Å². The molecule has 0 aliphatic carbocycles. The number of carbonyl (C=O) groups is 2. The van der Waals surface area contributed by atoms with Gasteiger partial charge in [0.1, 0.15) is 0 Å². The standard InChI is InChI=1S/C15H20N4O3/c1-9-11-7-10(8-16-13(11)19(4)18-9)14(22)17-15(2,3)6-5-12(20)21/h7-8H,5-6H2,1-4H3,(H,17,22)(H,20,21). The third-order valence-electron chi connectivity index (χ3n) is 3.54. The lowest BCUT2D eigenvalue weighted by molar-refractivity contribution is -0.137. The van der Waals surface area contributed by atoms with Gasteiger partial charge in [-0.2, -0.15) is 5.10 Å². The fourth-order valence-corrected chi connectivity index (χ4v) is 2.29. The SMILES string of the molecule is Cc1nn(C)c2ncc(C(=O)NC(C)(C)CCC(=O)O)cc12. The van der Waals surface area contributed by atoms with Gasteiger partial charge in [-0.3, -0.25) is 14.3 Å². The third-order valence-corrected chi connectivity index (χ3v) is 3.54. The molecule has 0 aromatic carbocycles. The van der Waals surface area contributed by atoms with E-state index in [1.54, 1.807) is 31.6 Å². The predicted molar refractivity (Wildman–Crippen MR) is 81.7 cm³/mol. The molecule has 0 bridgehead atoms. The summed E-state index contributed by atoms with van der Waals surface area (Å²) in [7, 11) is 1.80. The smallest absolute Gasteiger partial charge is 0.303 e. The highest BCUT2D eigenvalue weighted by Crippen LogP contribution is 2.18. The van der Waals surface area contributed by atoms with E-state index in [2.05, 4.69) is 15.4 Å². The Bertz CT molecular complexity index is 734. The minimum absolute atomic E-state index is 0.00623. The van der Waals surface area contributed by atoms with Crippen LogP contribution in [0.2, 0.25) is 0 Å². The highest BCUT2D eigenvalue weighted by Gasteiger charge is 2.23. The summed E-state index contributed by atoms with van der Waals surface area (Å²) in [6, 6.07) is 1.76. The maximum absolute atomic E-state index is 12.3. The maximum atomic E-state index is 12.3. The summed E-state index contributed by atoms with van der Waals surface area (Å²) in [5.41, 5.74) is 1.37. The van der Waals surface area contributed by atoms with Gasteiger partial charge in [0, 0.05) is 30.6 Å². The van der Waals surface area contributed by atoms with Crippen LogP contribution in [0, 0.1) is 6.92 Å². The van der Waals surface area contributed by atoms with E-state index in [1.807, 2.05) is 6.92 Å². The summed E-state index contributed by atoms with van der Waals surface area (Å²) in [6.07, 6.45) is 1.87. The molecular weight excluding hydrogens is 284 g/mol. The molecule has 2 N–H and O–H groups in total. The number of aliphatic carboxylic acids is 1. The molecule has 0 saturated heterocycles. The number of nitrogens with zero attached hydrogens (tertiary/aromatic N) is 3. The number of aromatic nitrogens is 3. The number of carboxylic acid groups (broad SMARTS) is 1. The van der Waals surface area contributed by atoms with Crippen molar-refractivity contribution in [3.05, 3.63) is 23.5 Å². The van der Waals surface area contributed by atoms with Crippen LogP contribution in [-0.4, -0.2) is 37.3 Å². The number of fused-ring (bicyclic) bond motifs is 1. The Morgan fingerprint density at radius 2 is 2.09 bits per heavy atom. The first kappa shape index (κ1) is 15.9. The lowest BCUT2D eigenvalue weighted by Gasteiger charge is -2.25. The largest absolute Gasteiger partial charge is 0.481 e. The van der Waals surface area contributed by atoms with Crippen LogP contribution in [0.5, 0.6) is 0 Å². The monoisotopic (exact) mass is 304 g/mol. The van der Waals surface area contributed by atoms with E-state index in [4.69, 9.17) is 5.11 Å². The molecule has 0 radical (unpaired) electrons. The fourth-order valence-electron chi connectivity index (χ4n) is 2.29. The number of hydrogen-bond donors (Lipinski definition) is 2. The first-order valence-electron chi connectivity index (χ1n) is 7.03. The summed E-state index contributed by atoms with van der Waals surface area (Å²) in [6.45, 7) is 5.47. The molecule has 0 saturated carbocycles. The van der Waals surface area contributed by atoms with Crippen molar-refractivity contribution < 1.29 is 14.7 Å². The van der Waals surface area contributed by atoms with Crippen LogP contribution in [0.1, 0.15) is 42.7 Å². The fraction of sp³-hybridized carbons (Fsp3) is 0.467. The minimum Gasteiger partial charge on any atom is -0.481 e. The number of amides is 1. The molecule has 7 heteroatoms. The van der Waals surface area contributed by atoms with Crippen molar-refractivity contribution in [2.75, 3.05) is 0 Å². The summed E-state index contributed by atoms with van der Waals surface area (Å²) in [5, 5.41) is 16.7. The summed E-state index contributed by atoms with van der Waals surface area (Å²) in [4.78, 5) is 27.3. The number of pyridine rings is 1. The van der Waals surface area contributed by atoms with Crippen LogP contribution in [-0.2, 0) is 11.8 Å². The number of hydrogen-bond acceptors (Lipinski definition) is 4. The van der Waals surface area contributed by atoms with Crippen molar-refractivity contribution in [3.8, 4) is 0 Å². The molecule has 2 aromatic rings. The van der Waals surface area contributed by atoms with E-state index in [-0.39, 0.29) is 12.3 Å². The van der Waals surface area contributed by atoms with Crippen LogP contribution >= 0.6 is 0 Å². The highest BCUT2D eigenvalue weighted by atomic mass is 16.4. The Morgan fingerprint density at radius 1 is 1.41 bits per heavy atom. The first-order valence-corrected chi connectivity index (χ1v) is 7.03. The van der Waals surface area contributed by atoms with Crippen molar-refractivity contribution in [2.24, 2.45) is 7.05 Å². The van der Waals surface area contributed by atoms with Gasteiger partial charge in [0.05, 0.1) is 11.3 Å². The molecule has 0 spiro atoms. The second-order valence-corrected chi connectivity index (χ2v) is 6.04. The molecule has 2 aromatic heterocycles. The zero-order valence-corrected chi connectivity index (χ0v) is 13.2. The van der Waals surface area contributed by atoms with Crippen LogP contribution in [0.15, 0.2) is 12.3 Å². The van der Waals surface area contributed by atoms with Gasteiger partial charge in [0.2, 0.25) is 0 Å². The van der Waals surface area contributed by atoms with Gasteiger partial charge in [-0.05, 0) is 33.3 Å². The molecule has 0 atom stereocenters. The zero-order valence-electron chi connectivity index (χ0n) is 13.2. The van der Waals surface area contributed by atoms with Gasteiger partial charge in [-0.25, -0.2) is 4.98 Å². The molecule has 0 fully saturated rings. The average Bonchev–Trinajstić information content (AvgIpc) is 2.71. The molecule has 0 aliphatic rings.